The van der Waals surface area contributed by atoms with E-state index in [1.54, 1.807) is 6.08 Å². The number of benzene rings is 1. The molecule has 4 heteroatoms. The van der Waals surface area contributed by atoms with Crippen molar-refractivity contribution in [3.05, 3.63) is 42.0 Å². The Bertz CT molecular complexity index is 509. The zero-order valence-corrected chi connectivity index (χ0v) is 13.5. The molecule has 2 rings (SSSR count). The van der Waals surface area contributed by atoms with Crippen LogP contribution in [0.25, 0.3) is 6.08 Å². The van der Waals surface area contributed by atoms with Gasteiger partial charge in [-0.2, -0.15) is 0 Å². The van der Waals surface area contributed by atoms with Crippen molar-refractivity contribution in [2.24, 2.45) is 5.41 Å². The van der Waals surface area contributed by atoms with E-state index in [0.717, 1.165) is 12.0 Å². The van der Waals surface area contributed by atoms with Gasteiger partial charge in [0, 0.05) is 6.08 Å². The van der Waals surface area contributed by atoms with Gasteiger partial charge in [-0.25, -0.2) is 4.79 Å². The minimum absolute atomic E-state index is 0.258. The Hall–Kier alpha value is -1.65. The molecule has 0 radical (unpaired) electrons. The second kappa shape index (κ2) is 7.07. The maximum atomic E-state index is 11.9. The molecule has 1 aromatic carbocycles. The summed E-state index contributed by atoms with van der Waals surface area (Å²) in [4.78, 5) is 11.9. The van der Waals surface area contributed by atoms with E-state index in [4.69, 9.17) is 14.2 Å². The molecule has 0 aliphatic carbocycles. The van der Waals surface area contributed by atoms with Gasteiger partial charge in [0.2, 0.25) is 0 Å². The van der Waals surface area contributed by atoms with Crippen LogP contribution in [0.5, 0.6) is 0 Å². The SMILES string of the molecule is CCC1(COC(=O)C=Cc2ccccc2)COC(C)(C)OC1. The lowest BCUT2D eigenvalue weighted by Gasteiger charge is -2.42. The van der Waals surface area contributed by atoms with Crippen molar-refractivity contribution < 1.29 is 19.0 Å². The van der Waals surface area contributed by atoms with Crippen LogP contribution in [-0.4, -0.2) is 31.6 Å². The second-order valence-corrected chi connectivity index (χ2v) is 6.18. The Kier molecular flexibility index (Phi) is 5.37. The fourth-order valence-electron chi connectivity index (χ4n) is 2.13. The van der Waals surface area contributed by atoms with Crippen molar-refractivity contribution in [2.45, 2.75) is 33.0 Å². The van der Waals surface area contributed by atoms with E-state index >= 15 is 0 Å². The van der Waals surface area contributed by atoms with Gasteiger partial charge < -0.3 is 14.2 Å². The molecule has 0 N–H and O–H groups in total. The molecule has 0 amide bonds. The van der Waals surface area contributed by atoms with E-state index in [1.807, 2.05) is 44.2 Å². The van der Waals surface area contributed by atoms with Crippen molar-refractivity contribution in [1.29, 1.82) is 0 Å². The molecular formula is C18H24O4. The third-order valence-electron chi connectivity index (χ3n) is 3.93. The highest BCUT2D eigenvalue weighted by atomic mass is 16.7. The van der Waals surface area contributed by atoms with Crippen LogP contribution in [0.2, 0.25) is 0 Å². The predicted molar refractivity (Wildman–Crippen MR) is 85.1 cm³/mol. The first-order valence-electron chi connectivity index (χ1n) is 7.63. The molecule has 4 nitrogen and oxygen atoms in total. The molecular weight excluding hydrogens is 280 g/mol. The van der Waals surface area contributed by atoms with E-state index in [1.165, 1.54) is 6.08 Å². The van der Waals surface area contributed by atoms with Gasteiger partial charge in [0.05, 0.1) is 18.6 Å². The monoisotopic (exact) mass is 304 g/mol. The molecule has 1 aliphatic heterocycles. The van der Waals surface area contributed by atoms with Gasteiger partial charge in [-0.3, -0.25) is 0 Å². The lowest BCUT2D eigenvalue weighted by molar-refractivity contribution is -0.291. The fraction of sp³-hybridized carbons (Fsp3) is 0.500. The molecule has 0 bridgehead atoms. The zero-order chi connectivity index (χ0) is 16.1. The van der Waals surface area contributed by atoms with Crippen LogP contribution in [0.1, 0.15) is 32.8 Å². The van der Waals surface area contributed by atoms with Crippen LogP contribution in [0.3, 0.4) is 0 Å². The molecule has 1 aliphatic rings. The Labute approximate surface area is 132 Å². The van der Waals surface area contributed by atoms with Gasteiger partial charge in [0.25, 0.3) is 0 Å². The standard InChI is InChI=1S/C18H24O4/c1-4-18(13-21-17(2,3)22-14-18)12-20-16(19)11-10-15-8-6-5-7-9-15/h5-11H,4,12-14H2,1-3H3. The highest BCUT2D eigenvalue weighted by Crippen LogP contribution is 2.32. The average Bonchev–Trinajstić information content (AvgIpc) is 2.53. The molecule has 0 unspecified atom stereocenters. The largest absolute Gasteiger partial charge is 0.462 e. The third-order valence-corrected chi connectivity index (χ3v) is 3.93. The Morgan fingerprint density at radius 1 is 1.23 bits per heavy atom. The molecule has 22 heavy (non-hydrogen) atoms. The summed E-state index contributed by atoms with van der Waals surface area (Å²) in [6, 6.07) is 9.65. The molecule has 0 atom stereocenters. The first-order valence-corrected chi connectivity index (χ1v) is 7.63. The number of ether oxygens (including phenoxy) is 3. The lowest BCUT2D eigenvalue weighted by Crippen LogP contribution is -2.48. The summed E-state index contributed by atoms with van der Waals surface area (Å²) in [5, 5.41) is 0. The minimum Gasteiger partial charge on any atom is -0.462 e. The number of carbonyl (C=O) groups is 1. The maximum absolute atomic E-state index is 11.9. The molecule has 1 aromatic rings. The Morgan fingerprint density at radius 3 is 2.45 bits per heavy atom. The Morgan fingerprint density at radius 2 is 1.86 bits per heavy atom. The van der Waals surface area contributed by atoms with Crippen LogP contribution in [0.4, 0.5) is 0 Å². The van der Waals surface area contributed by atoms with Crippen LogP contribution < -0.4 is 0 Å². The number of hydrogen-bond donors (Lipinski definition) is 0. The number of carbonyl (C=O) groups excluding carboxylic acids is 1. The fourth-order valence-corrected chi connectivity index (χ4v) is 2.13. The number of esters is 1. The van der Waals surface area contributed by atoms with E-state index in [0.29, 0.717) is 19.8 Å². The third kappa shape index (κ3) is 4.68. The molecule has 0 aromatic heterocycles. The van der Waals surface area contributed by atoms with Gasteiger partial charge in [-0.1, -0.05) is 37.3 Å². The quantitative estimate of drug-likeness (QED) is 0.617. The van der Waals surface area contributed by atoms with Crippen LogP contribution in [0.15, 0.2) is 36.4 Å². The summed E-state index contributed by atoms with van der Waals surface area (Å²) < 4.78 is 16.8. The highest BCUT2D eigenvalue weighted by molar-refractivity contribution is 5.87. The van der Waals surface area contributed by atoms with Gasteiger partial charge in [0.1, 0.15) is 6.61 Å². The van der Waals surface area contributed by atoms with Crippen molar-refractivity contribution >= 4 is 12.0 Å². The van der Waals surface area contributed by atoms with Gasteiger partial charge >= 0.3 is 5.97 Å². The normalized spacial score (nSPS) is 20.0. The molecule has 0 spiro atoms. The van der Waals surface area contributed by atoms with E-state index < -0.39 is 5.79 Å². The maximum Gasteiger partial charge on any atom is 0.330 e. The topological polar surface area (TPSA) is 44.8 Å². The summed E-state index contributed by atoms with van der Waals surface area (Å²) in [6.07, 6.45) is 4.03. The summed E-state index contributed by atoms with van der Waals surface area (Å²) in [5.74, 6) is -0.905. The summed E-state index contributed by atoms with van der Waals surface area (Å²) in [5.41, 5.74) is 0.710. The van der Waals surface area contributed by atoms with Crippen molar-refractivity contribution in [3.8, 4) is 0 Å². The smallest absolute Gasteiger partial charge is 0.330 e. The summed E-state index contributed by atoms with van der Waals surface area (Å²) in [6.45, 7) is 7.21. The van der Waals surface area contributed by atoms with Crippen LogP contribution >= 0.6 is 0 Å². The van der Waals surface area contributed by atoms with E-state index in [-0.39, 0.29) is 11.4 Å². The predicted octanol–water partition coefficient (Wildman–Crippen LogP) is 3.42. The zero-order valence-electron chi connectivity index (χ0n) is 13.5. The van der Waals surface area contributed by atoms with Gasteiger partial charge in [0.15, 0.2) is 5.79 Å². The van der Waals surface area contributed by atoms with Gasteiger partial charge in [-0.15, -0.1) is 0 Å². The first-order chi connectivity index (χ1) is 10.4. The molecule has 1 saturated heterocycles. The number of hydrogen-bond acceptors (Lipinski definition) is 4. The minimum atomic E-state index is -0.560. The first kappa shape index (κ1) is 16.7. The highest BCUT2D eigenvalue weighted by Gasteiger charge is 2.39. The average molecular weight is 304 g/mol. The lowest BCUT2D eigenvalue weighted by atomic mass is 9.87. The van der Waals surface area contributed by atoms with Crippen molar-refractivity contribution in [3.63, 3.8) is 0 Å². The van der Waals surface area contributed by atoms with Crippen molar-refractivity contribution in [1.82, 2.24) is 0 Å². The summed E-state index contributed by atoms with van der Waals surface area (Å²) in [7, 11) is 0. The molecule has 1 heterocycles. The Balaban J connectivity index is 1.86. The second-order valence-electron chi connectivity index (χ2n) is 6.18. The van der Waals surface area contributed by atoms with Gasteiger partial charge in [-0.05, 0) is 31.9 Å². The van der Waals surface area contributed by atoms with E-state index in [9.17, 15) is 4.79 Å². The van der Waals surface area contributed by atoms with Crippen LogP contribution in [-0.2, 0) is 19.0 Å². The number of rotatable bonds is 5. The van der Waals surface area contributed by atoms with Crippen molar-refractivity contribution in [2.75, 3.05) is 19.8 Å². The molecule has 0 saturated carbocycles. The van der Waals surface area contributed by atoms with E-state index in [2.05, 4.69) is 6.92 Å². The molecule has 120 valence electrons. The molecule has 1 fully saturated rings. The van der Waals surface area contributed by atoms with Crippen LogP contribution in [0, 0.1) is 5.41 Å². The summed E-state index contributed by atoms with van der Waals surface area (Å²) >= 11 is 0.